The minimum atomic E-state index is 1.08. The average molecular weight is 208 g/mol. The van der Waals surface area contributed by atoms with E-state index in [4.69, 9.17) is 0 Å². The van der Waals surface area contributed by atoms with E-state index in [2.05, 4.69) is 13.8 Å². The monoisotopic (exact) mass is 208 g/mol. The summed E-state index contributed by atoms with van der Waals surface area (Å²) in [5.41, 5.74) is 0. The summed E-state index contributed by atoms with van der Waals surface area (Å²) in [6.45, 7) is 4.73. The Hall–Kier alpha value is 0. The number of rotatable bonds is 3. The second-order valence-corrected chi connectivity index (χ2v) is 6.08. The first-order chi connectivity index (χ1) is 7.33. The van der Waals surface area contributed by atoms with Crippen molar-refractivity contribution in [3.8, 4) is 0 Å². The molecule has 0 aromatic heterocycles. The van der Waals surface area contributed by atoms with Gasteiger partial charge in [-0.05, 0) is 49.4 Å². The highest BCUT2D eigenvalue weighted by molar-refractivity contribution is 4.85. The SMILES string of the molecule is CCCC1CCC2C[C@H](CC)CC[C@@H]2C1. The molecular formula is C15H28. The molecule has 0 radical (unpaired) electrons. The van der Waals surface area contributed by atoms with E-state index >= 15 is 0 Å². The van der Waals surface area contributed by atoms with Gasteiger partial charge in [0.05, 0.1) is 0 Å². The van der Waals surface area contributed by atoms with Crippen LogP contribution in [0.25, 0.3) is 0 Å². The van der Waals surface area contributed by atoms with Crippen LogP contribution >= 0.6 is 0 Å². The molecule has 0 nitrogen and oxygen atoms in total. The predicted octanol–water partition coefficient (Wildman–Crippen LogP) is 5.03. The van der Waals surface area contributed by atoms with Crippen molar-refractivity contribution in [2.24, 2.45) is 23.7 Å². The van der Waals surface area contributed by atoms with E-state index in [-0.39, 0.29) is 0 Å². The summed E-state index contributed by atoms with van der Waals surface area (Å²) in [4.78, 5) is 0. The summed E-state index contributed by atoms with van der Waals surface area (Å²) < 4.78 is 0. The van der Waals surface area contributed by atoms with Gasteiger partial charge in [0, 0.05) is 0 Å². The maximum atomic E-state index is 2.38. The average Bonchev–Trinajstić information content (AvgIpc) is 2.29. The lowest BCUT2D eigenvalue weighted by Crippen LogP contribution is -2.30. The topological polar surface area (TPSA) is 0 Å². The molecule has 4 atom stereocenters. The molecule has 2 aliphatic carbocycles. The van der Waals surface area contributed by atoms with Crippen LogP contribution in [0.2, 0.25) is 0 Å². The first kappa shape index (κ1) is 11.5. The van der Waals surface area contributed by atoms with Gasteiger partial charge >= 0.3 is 0 Å². The van der Waals surface area contributed by atoms with E-state index in [1.54, 1.807) is 32.1 Å². The molecule has 0 N–H and O–H groups in total. The van der Waals surface area contributed by atoms with Crippen LogP contribution < -0.4 is 0 Å². The number of hydrogen-bond donors (Lipinski definition) is 0. The molecule has 2 unspecified atom stereocenters. The van der Waals surface area contributed by atoms with Crippen molar-refractivity contribution in [2.75, 3.05) is 0 Å². The van der Waals surface area contributed by atoms with Crippen LogP contribution in [0.4, 0.5) is 0 Å². The Labute approximate surface area is 95.8 Å². The predicted molar refractivity (Wildman–Crippen MR) is 66.9 cm³/mol. The fraction of sp³-hybridized carbons (Fsp3) is 1.00. The molecule has 2 aliphatic rings. The first-order valence-corrected chi connectivity index (χ1v) is 7.33. The smallest absolute Gasteiger partial charge is 0.0383 e. The summed E-state index contributed by atoms with van der Waals surface area (Å²) in [5, 5.41) is 0. The van der Waals surface area contributed by atoms with E-state index in [1.165, 1.54) is 25.7 Å². The van der Waals surface area contributed by atoms with Crippen molar-refractivity contribution in [3.63, 3.8) is 0 Å². The Bertz CT molecular complexity index is 184. The van der Waals surface area contributed by atoms with Crippen molar-refractivity contribution in [1.82, 2.24) is 0 Å². The fourth-order valence-corrected chi connectivity index (χ4v) is 4.12. The van der Waals surface area contributed by atoms with Gasteiger partial charge in [-0.25, -0.2) is 0 Å². The third-order valence-corrected chi connectivity index (χ3v) is 5.10. The van der Waals surface area contributed by atoms with Crippen molar-refractivity contribution in [3.05, 3.63) is 0 Å². The quantitative estimate of drug-likeness (QED) is 0.610. The van der Waals surface area contributed by atoms with Crippen LogP contribution in [0, 0.1) is 23.7 Å². The van der Waals surface area contributed by atoms with Crippen LogP contribution in [-0.4, -0.2) is 0 Å². The lowest BCUT2D eigenvalue weighted by atomic mass is 9.64. The summed E-state index contributed by atoms with van der Waals surface area (Å²) in [7, 11) is 0. The van der Waals surface area contributed by atoms with Gasteiger partial charge in [-0.1, -0.05) is 46.0 Å². The molecule has 0 amide bonds. The van der Waals surface area contributed by atoms with E-state index < -0.39 is 0 Å². The Morgan fingerprint density at radius 3 is 2.00 bits per heavy atom. The number of fused-ring (bicyclic) bond motifs is 1. The fourth-order valence-electron chi connectivity index (χ4n) is 4.12. The summed E-state index contributed by atoms with van der Waals surface area (Å²) >= 11 is 0. The molecule has 15 heavy (non-hydrogen) atoms. The Morgan fingerprint density at radius 1 is 0.800 bits per heavy atom. The van der Waals surface area contributed by atoms with Gasteiger partial charge in [-0.15, -0.1) is 0 Å². The van der Waals surface area contributed by atoms with Crippen molar-refractivity contribution in [2.45, 2.75) is 71.6 Å². The maximum absolute atomic E-state index is 2.38. The van der Waals surface area contributed by atoms with Gasteiger partial charge in [-0.2, -0.15) is 0 Å². The molecule has 0 bridgehead atoms. The molecule has 0 heterocycles. The second kappa shape index (κ2) is 5.37. The van der Waals surface area contributed by atoms with Gasteiger partial charge in [0.2, 0.25) is 0 Å². The normalized spacial score (nSPS) is 41.2. The zero-order valence-electron chi connectivity index (χ0n) is 10.7. The van der Waals surface area contributed by atoms with Crippen LogP contribution in [0.5, 0.6) is 0 Å². The summed E-state index contributed by atoms with van der Waals surface area (Å²) in [6, 6.07) is 0. The molecule has 0 saturated heterocycles. The molecule has 2 rings (SSSR count). The third-order valence-electron chi connectivity index (χ3n) is 5.10. The molecule has 0 heteroatoms. The Balaban J connectivity index is 1.83. The molecule has 0 aliphatic heterocycles. The lowest BCUT2D eigenvalue weighted by molar-refractivity contribution is 0.0936. The maximum Gasteiger partial charge on any atom is -0.0383 e. The Kier molecular flexibility index (Phi) is 4.11. The van der Waals surface area contributed by atoms with Crippen molar-refractivity contribution >= 4 is 0 Å². The van der Waals surface area contributed by atoms with E-state index in [1.807, 2.05) is 0 Å². The third kappa shape index (κ3) is 2.77. The largest absolute Gasteiger partial charge is 0.0654 e. The highest BCUT2D eigenvalue weighted by atomic mass is 14.4. The minimum absolute atomic E-state index is 1.08. The van der Waals surface area contributed by atoms with Gasteiger partial charge in [0.1, 0.15) is 0 Å². The van der Waals surface area contributed by atoms with Crippen molar-refractivity contribution < 1.29 is 0 Å². The lowest BCUT2D eigenvalue weighted by Gasteiger charge is -2.42. The molecule has 88 valence electrons. The van der Waals surface area contributed by atoms with E-state index in [0.717, 1.165) is 23.7 Å². The molecule has 2 saturated carbocycles. The van der Waals surface area contributed by atoms with Gasteiger partial charge in [0.25, 0.3) is 0 Å². The molecule has 0 spiro atoms. The second-order valence-electron chi connectivity index (χ2n) is 6.08. The van der Waals surface area contributed by atoms with Crippen LogP contribution in [0.1, 0.15) is 71.6 Å². The zero-order valence-corrected chi connectivity index (χ0v) is 10.7. The summed E-state index contributed by atoms with van der Waals surface area (Å²) in [5.74, 6) is 4.42. The summed E-state index contributed by atoms with van der Waals surface area (Å²) in [6.07, 6.45) is 13.7. The highest BCUT2D eigenvalue weighted by Gasteiger charge is 2.34. The van der Waals surface area contributed by atoms with Gasteiger partial charge in [0.15, 0.2) is 0 Å². The Morgan fingerprint density at radius 2 is 1.40 bits per heavy atom. The van der Waals surface area contributed by atoms with Crippen LogP contribution in [-0.2, 0) is 0 Å². The first-order valence-electron chi connectivity index (χ1n) is 7.33. The number of hydrogen-bond acceptors (Lipinski definition) is 0. The van der Waals surface area contributed by atoms with Crippen LogP contribution in [0.15, 0.2) is 0 Å². The standard InChI is InChI=1S/C15H28/c1-3-5-13-7-9-14-10-12(4-2)6-8-15(14)11-13/h12-15H,3-11H2,1-2H3/t12-,13?,14?,15-/m1/s1. The molecule has 2 fully saturated rings. The van der Waals surface area contributed by atoms with Gasteiger partial charge in [-0.3, -0.25) is 0 Å². The zero-order chi connectivity index (χ0) is 10.7. The van der Waals surface area contributed by atoms with E-state index in [0.29, 0.717) is 0 Å². The molecule has 0 aromatic carbocycles. The van der Waals surface area contributed by atoms with E-state index in [9.17, 15) is 0 Å². The highest BCUT2D eigenvalue weighted by Crippen LogP contribution is 2.46. The van der Waals surface area contributed by atoms with Crippen molar-refractivity contribution in [1.29, 1.82) is 0 Å². The molecular weight excluding hydrogens is 180 g/mol. The van der Waals surface area contributed by atoms with Crippen LogP contribution in [0.3, 0.4) is 0 Å². The van der Waals surface area contributed by atoms with Gasteiger partial charge < -0.3 is 0 Å². The minimum Gasteiger partial charge on any atom is -0.0654 e. The molecule has 0 aromatic rings.